The predicted molar refractivity (Wildman–Crippen MR) is 88.5 cm³/mol. The molecule has 1 saturated heterocycles. The quantitative estimate of drug-likeness (QED) is 0.923. The molecule has 0 aliphatic carbocycles. The summed E-state index contributed by atoms with van der Waals surface area (Å²) in [5.41, 5.74) is 3.62. The summed E-state index contributed by atoms with van der Waals surface area (Å²) in [6, 6.07) is 9.74. The van der Waals surface area contributed by atoms with E-state index in [1.54, 1.807) is 12.1 Å². The minimum atomic E-state index is 0.301. The Balaban J connectivity index is 1.76. The van der Waals surface area contributed by atoms with Gasteiger partial charge in [0.1, 0.15) is 17.4 Å². The van der Waals surface area contributed by atoms with Crippen molar-refractivity contribution in [2.24, 2.45) is 0 Å². The van der Waals surface area contributed by atoms with Gasteiger partial charge in [0.15, 0.2) is 5.82 Å². The number of aryl methyl sites for hydroxylation is 1. The zero-order valence-corrected chi connectivity index (χ0v) is 13.5. The molecule has 0 radical (unpaired) electrons. The summed E-state index contributed by atoms with van der Waals surface area (Å²) >= 11 is 0. The van der Waals surface area contributed by atoms with Gasteiger partial charge < -0.3 is 10.0 Å². The molecule has 0 saturated carbocycles. The van der Waals surface area contributed by atoms with E-state index in [1.807, 2.05) is 26.0 Å². The van der Waals surface area contributed by atoms with Crippen LogP contribution < -0.4 is 4.90 Å². The van der Waals surface area contributed by atoms with E-state index in [-0.39, 0.29) is 0 Å². The molecule has 0 unspecified atom stereocenters. The smallest absolute Gasteiger partial charge is 0.169 e. The van der Waals surface area contributed by atoms with Crippen molar-refractivity contribution in [3.05, 3.63) is 46.6 Å². The van der Waals surface area contributed by atoms with Gasteiger partial charge in [0.05, 0.1) is 5.69 Å². The van der Waals surface area contributed by atoms with E-state index < -0.39 is 0 Å². The molecule has 1 N–H and O–H groups in total. The van der Waals surface area contributed by atoms with Crippen molar-refractivity contribution in [2.75, 3.05) is 18.0 Å². The van der Waals surface area contributed by atoms with Gasteiger partial charge in [0.2, 0.25) is 0 Å². The Kier molecular flexibility index (Phi) is 4.16. The lowest BCUT2D eigenvalue weighted by molar-refractivity contribution is 0.472. The third kappa shape index (κ3) is 2.98. The number of anilines is 1. The first kappa shape index (κ1) is 15.3. The van der Waals surface area contributed by atoms with Crippen LogP contribution in [0, 0.1) is 25.2 Å². The number of aromatic hydroxyl groups is 1. The first-order chi connectivity index (χ1) is 11.1. The summed E-state index contributed by atoms with van der Waals surface area (Å²) < 4.78 is 0. The lowest BCUT2D eigenvalue weighted by Gasteiger charge is -2.33. The van der Waals surface area contributed by atoms with Crippen LogP contribution in [-0.4, -0.2) is 28.4 Å². The molecule has 0 amide bonds. The van der Waals surface area contributed by atoms with E-state index >= 15 is 0 Å². The average molecular weight is 308 g/mol. The SMILES string of the molecule is Cc1nnc(N2CCC(c3ccc(O)cc3)CC2)c(C#N)c1C. The minimum absolute atomic E-state index is 0.301. The van der Waals surface area contributed by atoms with Crippen molar-refractivity contribution in [2.45, 2.75) is 32.6 Å². The second-order valence-electron chi connectivity index (χ2n) is 6.07. The van der Waals surface area contributed by atoms with Crippen molar-refractivity contribution >= 4 is 5.82 Å². The Morgan fingerprint density at radius 3 is 2.39 bits per heavy atom. The van der Waals surface area contributed by atoms with Crippen LogP contribution >= 0.6 is 0 Å². The van der Waals surface area contributed by atoms with Crippen molar-refractivity contribution in [3.8, 4) is 11.8 Å². The Labute approximate surface area is 136 Å². The fourth-order valence-electron chi connectivity index (χ4n) is 3.12. The third-order valence-corrected chi connectivity index (χ3v) is 4.71. The summed E-state index contributed by atoms with van der Waals surface area (Å²) in [4.78, 5) is 2.16. The maximum Gasteiger partial charge on any atom is 0.169 e. The first-order valence-electron chi connectivity index (χ1n) is 7.88. The summed E-state index contributed by atoms with van der Waals surface area (Å²) in [5.74, 6) is 1.49. The number of phenolic OH excluding ortho intramolecular Hbond substituents is 1. The second kappa shape index (κ2) is 6.25. The summed E-state index contributed by atoms with van der Waals surface area (Å²) in [6.45, 7) is 5.52. The molecule has 1 aromatic carbocycles. The molecular weight excluding hydrogens is 288 g/mol. The Bertz CT molecular complexity index is 741. The molecule has 0 spiro atoms. The van der Waals surface area contributed by atoms with E-state index in [0.29, 0.717) is 23.0 Å². The number of hydrogen-bond donors (Lipinski definition) is 1. The van der Waals surface area contributed by atoms with Crippen LogP contribution in [0.3, 0.4) is 0 Å². The predicted octanol–water partition coefficient (Wildman–Crippen LogP) is 3.05. The van der Waals surface area contributed by atoms with Crippen molar-refractivity contribution < 1.29 is 5.11 Å². The van der Waals surface area contributed by atoms with Crippen LogP contribution in [0.15, 0.2) is 24.3 Å². The number of nitriles is 1. The van der Waals surface area contributed by atoms with Gasteiger partial charge in [0, 0.05) is 13.1 Å². The van der Waals surface area contributed by atoms with E-state index in [0.717, 1.165) is 37.2 Å². The van der Waals surface area contributed by atoms with E-state index in [1.165, 1.54) is 5.56 Å². The molecule has 5 nitrogen and oxygen atoms in total. The number of phenols is 1. The molecule has 118 valence electrons. The Morgan fingerprint density at radius 2 is 1.78 bits per heavy atom. The first-order valence-corrected chi connectivity index (χ1v) is 7.88. The highest BCUT2D eigenvalue weighted by molar-refractivity contribution is 5.57. The van der Waals surface area contributed by atoms with Crippen LogP contribution in [0.1, 0.15) is 41.1 Å². The Morgan fingerprint density at radius 1 is 1.13 bits per heavy atom. The fraction of sp³-hybridized carbons (Fsp3) is 0.389. The second-order valence-corrected chi connectivity index (χ2v) is 6.07. The molecule has 3 rings (SSSR count). The number of aromatic nitrogens is 2. The minimum Gasteiger partial charge on any atom is -0.508 e. The number of piperidine rings is 1. The third-order valence-electron chi connectivity index (χ3n) is 4.71. The van der Waals surface area contributed by atoms with E-state index in [2.05, 4.69) is 21.2 Å². The summed E-state index contributed by atoms with van der Waals surface area (Å²) in [7, 11) is 0. The number of rotatable bonds is 2. The van der Waals surface area contributed by atoms with Gasteiger partial charge in [-0.05, 0) is 55.9 Å². The van der Waals surface area contributed by atoms with Gasteiger partial charge in [-0.2, -0.15) is 10.4 Å². The van der Waals surface area contributed by atoms with Gasteiger partial charge in [-0.15, -0.1) is 5.10 Å². The fourth-order valence-corrected chi connectivity index (χ4v) is 3.12. The van der Waals surface area contributed by atoms with Crippen LogP contribution in [0.4, 0.5) is 5.82 Å². The lowest BCUT2D eigenvalue weighted by Crippen LogP contribution is -2.34. The summed E-state index contributed by atoms with van der Waals surface area (Å²) in [5, 5.41) is 27.3. The number of benzene rings is 1. The standard InChI is InChI=1S/C18H20N4O/c1-12-13(2)20-21-18(17(12)11-19)22-9-7-15(8-10-22)14-3-5-16(23)6-4-14/h3-6,15,23H,7-10H2,1-2H3. The largest absolute Gasteiger partial charge is 0.508 e. The van der Waals surface area contributed by atoms with Gasteiger partial charge in [-0.1, -0.05) is 12.1 Å². The molecule has 2 heterocycles. The van der Waals surface area contributed by atoms with Crippen LogP contribution in [0.2, 0.25) is 0 Å². The van der Waals surface area contributed by atoms with Crippen molar-refractivity contribution in [1.82, 2.24) is 10.2 Å². The van der Waals surface area contributed by atoms with Crippen LogP contribution in [-0.2, 0) is 0 Å². The van der Waals surface area contributed by atoms with Gasteiger partial charge >= 0.3 is 0 Å². The van der Waals surface area contributed by atoms with Crippen molar-refractivity contribution in [1.29, 1.82) is 5.26 Å². The maximum absolute atomic E-state index is 9.44. The van der Waals surface area contributed by atoms with Crippen LogP contribution in [0.25, 0.3) is 0 Å². The zero-order chi connectivity index (χ0) is 16.4. The molecule has 1 aliphatic rings. The highest BCUT2D eigenvalue weighted by Crippen LogP contribution is 2.32. The molecule has 1 aromatic heterocycles. The van der Waals surface area contributed by atoms with Crippen molar-refractivity contribution in [3.63, 3.8) is 0 Å². The maximum atomic E-state index is 9.44. The lowest BCUT2D eigenvalue weighted by atomic mass is 9.89. The highest BCUT2D eigenvalue weighted by Gasteiger charge is 2.24. The zero-order valence-electron chi connectivity index (χ0n) is 13.5. The average Bonchev–Trinajstić information content (AvgIpc) is 2.58. The molecule has 1 aliphatic heterocycles. The molecule has 2 aromatic rings. The summed E-state index contributed by atoms with van der Waals surface area (Å²) in [6.07, 6.45) is 2.01. The normalized spacial score (nSPS) is 15.4. The molecule has 23 heavy (non-hydrogen) atoms. The number of hydrogen-bond acceptors (Lipinski definition) is 5. The van der Waals surface area contributed by atoms with E-state index in [4.69, 9.17) is 0 Å². The Hall–Kier alpha value is -2.61. The van der Waals surface area contributed by atoms with Crippen LogP contribution in [0.5, 0.6) is 5.75 Å². The topological polar surface area (TPSA) is 73.0 Å². The van der Waals surface area contributed by atoms with Gasteiger partial charge in [0.25, 0.3) is 0 Å². The number of nitrogens with zero attached hydrogens (tertiary/aromatic N) is 4. The molecule has 1 fully saturated rings. The van der Waals surface area contributed by atoms with Gasteiger partial charge in [-0.3, -0.25) is 0 Å². The molecular formula is C18H20N4O. The molecule has 0 atom stereocenters. The van der Waals surface area contributed by atoms with Gasteiger partial charge in [-0.25, -0.2) is 0 Å². The monoisotopic (exact) mass is 308 g/mol. The highest BCUT2D eigenvalue weighted by atomic mass is 16.3. The van der Waals surface area contributed by atoms with E-state index in [9.17, 15) is 10.4 Å². The molecule has 0 bridgehead atoms. The molecule has 5 heteroatoms.